The van der Waals surface area contributed by atoms with Crippen LogP contribution in [0.1, 0.15) is 31.2 Å². The average molecular weight is 273 g/mol. The zero-order chi connectivity index (χ0) is 14.2. The minimum Gasteiger partial charge on any atom is -0.467 e. The van der Waals surface area contributed by atoms with Crippen LogP contribution >= 0.6 is 0 Å². The molecule has 2 bridgehead atoms. The van der Waals surface area contributed by atoms with Gasteiger partial charge in [-0.3, -0.25) is 4.79 Å². The van der Waals surface area contributed by atoms with Crippen LogP contribution in [0.5, 0.6) is 0 Å². The molecule has 106 valence electrons. The second-order valence-corrected chi connectivity index (χ2v) is 5.71. The first-order valence-corrected chi connectivity index (χ1v) is 7.11. The number of carbonyl (C=O) groups is 2. The van der Waals surface area contributed by atoms with E-state index in [0.717, 1.165) is 31.2 Å². The zero-order valence-electron chi connectivity index (χ0n) is 11.7. The van der Waals surface area contributed by atoms with Crippen molar-refractivity contribution in [2.75, 3.05) is 7.11 Å². The maximum Gasteiger partial charge on any atom is 0.331 e. The van der Waals surface area contributed by atoms with Crippen LogP contribution in [0.4, 0.5) is 0 Å². The van der Waals surface area contributed by atoms with Gasteiger partial charge in [-0.15, -0.1) is 0 Å². The van der Waals surface area contributed by atoms with E-state index >= 15 is 0 Å². The normalized spacial score (nSPS) is 28.6. The number of amides is 1. The van der Waals surface area contributed by atoms with Crippen molar-refractivity contribution in [3.63, 3.8) is 0 Å². The zero-order valence-corrected chi connectivity index (χ0v) is 11.7. The summed E-state index contributed by atoms with van der Waals surface area (Å²) in [6.07, 6.45) is 3.06. The molecule has 2 aliphatic heterocycles. The monoisotopic (exact) mass is 273 g/mol. The summed E-state index contributed by atoms with van der Waals surface area (Å²) >= 11 is 0. The molecule has 0 atom stereocenters. The van der Waals surface area contributed by atoms with Gasteiger partial charge in [-0.25, -0.2) is 4.79 Å². The summed E-state index contributed by atoms with van der Waals surface area (Å²) in [6, 6.07) is 9.82. The van der Waals surface area contributed by atoms with Crippen LogP contribution in [-0.2, 0) is 20.9 Å². The third kappa shape index (κ3) is 1.90. The van der Waals surface area contributed by atoms with Crippen molar-refractivity contribution < 1.29 is 14.3 Å². The molecule has 2 heterocycles. The Morgan fingerprint density at radius 3 is 2.55 bits per heavy atom. The van der Waals surface area contributed by atoms with Crippen LogP contribution in [0, 0.1) is 5.92 Å². The van der Waals surface area contributed by atoms with Crippen molar-refractivity contribution in [2.45, 2.75) is 37.8 Å². The molecule has 4 rings (SSSR count). The molecule has 1 amide bonds. The highest BCUT2D eigenvalue weighted by molar-refractivity contribution is 5.91. The molecule has 0 spiro atoms. The summed E-state index contributed by atoms with van der Waals surface area (Å²) < 4.78 is 4.99. The van der Waals surface area contributed by atoms with E-state index < -0.39 is 5.54 Å². The highest BCUT2D eigenvalue weighted by Crippen LogP contribution is 2.45. The van der Waals surface area contributed by atoms with Crippen LogP contribution in [0.3, 0.4) is 0 Å². The predicted molar refractivity (Wildman–Crippen MR) is 73.7 cm³/mol. The number of piperidine rings is 2. The molecule has 0 radical (unpaired) electrons. The van der Waals surface area contributed by atoms with E-state index in [9.17, 15) is 9.59 Å². The Labute approximate surface area is 118 Å². The van der Waals surface area contributed by atoms with Gasteiger partial charge >= 0.3 is 5.97 Å². The SMILES string of the molecule is COC(=O)C12CCC(CC1)C(=O)N2Cc1ccccc1. The Balaban J connectivity index is 1.93. The molecule has 3 fully saturated rings. The Morgan fingerprint density at radius 2 is 1.95 bits per heavy atom. The van der Waals surface area contributed by atoms with Crippen LogP contribution in [0.25, 0.3) is 0 Å². The number of benzene rings is 1. The van der Waals surface area contributed by atoms with Crippen LogP contribution in [0.2, 0.25) is 0 Å². The van der Waals surface area contributed by atoms with Gasteiger partial charge in [-0.1, -0.05) is 30.3 Å². The second-order valence-electron chi connectivity index (χ2n) is 5.71. The van der Waals surface area contributed by atoms with E-state index in [2.05, 4.69) is 0 Å². The van der Waals surface area contributed by atoms with Crippen molar-refractivity contribution in [1.82, 2.24) is 4.90 Å². The lowest BCUT2D eigenvalue weighted by Crippen LogP contribution is -2.65. The molecule has 4 heteroatoms. The molecule has 3 aliphatic rings. The van der Waals surface area contributed by atoms with E-state index in [-0.39, 0.29) is 17.8 Å². The summed E-state index contributed by atoms with van der Waals surface area (Å²) in [4.78, 5) is 26.6. The van der Waals surface area contributed by atoms with Gasteiger partial charge in [-0.2, -0.15) is 0 Å². The van der Waals surface area contributed by atoms with Gasteiger partial charge in [-0.05, 0) is 31.2 Å². The van der Waals surface area contributed by atoms with E-state index in [4.69, 9.17) is 4.74 Å². The molecule has 20 heavy (non-hydrogen) atoms. The predicted octanol–water partition coefficient (Wildman–Crippen LogP) is 2.13. The fourth-order valence-corrected chi connectivity index (χ4v) is 3.54. The lowest BCUT2D eigenvalue weighted by molar-refractivity contribution is -0.177. The summed E-state index contributed by atoms with van der Waals surface area (Å²) in [6.45, 7) is 0.491. The Morgan fingerprint density at radius 1 is 1.30 bits per heavy atom. The first kappa shape index (κ1) is 13.2. The number of fused-ring (bicyclic) bond motifs is 3. The standard InChI is InChI=1S/C16H19NO3/c1-20-15(19)16-9-7-13(8-10-16)14(18)17(16)11-12-5-3-2-4-6-12/h2-6,13H,7-11H2,1H3. The van der Waals surface area contributed by atoms with Crippen molar-refractivity contribution in [3.05, 3.63) is 35.9 Å². The first-order chi connectivity index (χ1) is 9.67. The largest absolute Gasteiger partial charge is 0.467 e. The maximum atomic E-state index is 12.5. The molecular weight excluding hydrogens is 254 g/mol. The highest BCUT2D eigenvalue weighted by Gasteiger charge is 2.55. The fraction of sp³-hybridized carbons (Fsp3) is 0.500. The summed E-state index contributed by atoms with van der Waals surface area (Å²) in [7, 11) is 1.41. The number of rotatable bonds is 3. The first-order valence-electron chi connectivity index (χ1n) is 7.11. The van der Waals surface area contributed by atoms with Gasteiger partial charge < -0.3 is 9.64 Å². The smallest absolute Gasteiger partial charge is 0.331 e. The van der Waals surface area contributed by atoms with Gasteiger partial charge in [0.05, 0.1) is 7.11 Å². The second kappa shape index (κ2) is 4.93. The Bertz CT molecular complexity index is 518. The average Bonchev–Trinajstić information content (AvgIpc) is 2.51. The van der Waals surface area contributed by atoms with Gasteiger partial charge in [0.2, 0.25) is 5.91 Å². The van der Waals surface area contributed by atoms with E-state index in [1.165, 1.54) is 7.11 Å². The number of hydrogen-bond acceptors (Lipinski definition) is 3. The number of methoxy groups -OCH3 is 1. The Hall–Kier alpha value is -1.84. The lowest BCUT2D eigenvalue weighted by atomic mass is 9.69. The topological polar surface area (TPSA) is 46.6 Å². The molecule has 1 aromatic carbocycles. The molecule has 4 nitrogen and oxygen atoms in total. The van der Waals surface area contributed by atoms with Crippen LogP contribution in [0.15, 0.2) is 30.3 Å². The summed E-state index contributed by atoms with van der Waals surface area (Å²) in [5.41, 5.74) is 0.313. The molecule has 1 saturated carbocycles. The number of esters is 1. The molecule has 1 aromatic rings. The van der Waals surface area contributed by atoms with Gasteiger partial charge in [0.15, 0.2) is 0 Å². The van der Waals surface area contributed by atoms with Crippen molar-refractivity contribution in [2.24, 2.45) is 5.92 Å². The maximum absolute atomic E-state index is 12.5. The molecule has 0 aromatic heterocycles. The quantitative estimate of drug-likeness (QED) is 0.793. The minimum absolute atomic E-state index is 0.0882. The van der Waals surface area contributed by atoms with E-state index in [1.807, 2.05) is 30.3 Å². The minimum atomic E-state index is -0.740. The third-order valence-electron chi connectivity index (χ3n) is 4.69. The number of hydrogen-bond donors (Lipinski definition) is 0. The fourth-order valence-electron chi connectivity index (χ4n) is 3.54. The Kier molecular flexibility index (Phi) is 3.24. The van der Waals surface area contributed by atoms with Crippen LogP contribution in [-0.4, -0.2) is 29.4 Å². The third-order valence-corrected chi connectivity index (χ3v) is 4.69. The van der Waals surface area contributed by atoms with E-state index in [1.54, 1.807) is 4.90 Å². The molecule has 2 saturated heterocycles. The number of ether oxygens (including phenoxy) is 1. The van der Waals surface area contributed by atoms with Crippen molar-refractivity contribution in [1.29, 1.82) is 0 Å². The van der Waals surface area contributed by atoms with Gasteiger partial charge in [0, 0.05) is 12.5 Å². The van der Waals surface area contributed by atoms with E-state index in [0.29, 0.717) is 6.54 Å². The molecule has 0 unspecified atom stereocenters. The molecular formula is C16H19NO3. The van der Waals surface area contributed by atoms with Crippen molar-refractivity contribution in [3.8, 4) is 0 Å². The van der Waals surface area contributed by atoms with Gasteiger partial charge in [0.25, 0.3) is 0 Å². The van der Waals surface area contributed by atoms with Crippen molar-refractivity contribution >= 4 is 11.9 Å². The summed E-state index contributed by atoms with van der Waals surface area (Å²) in [5.74, 6) is -0.0677. The summed E-state index contributed by atoms with van der Waals surface area (Å²) in [5, 5.41) is 0. The lowest BCUT2D eigenvalue weighted by Gasteiger charge is -2.52. The highest BCUT2D eigenvalue weighted by atomic mass is 16.5. The number of carbonyl (C=O) groups excluding carboxylic acids is 2. The molecule has 1 aliphatic carbocycles. The van der Waals surface area contributed by atoms with Gasteiger partial charge in [0.1, 0.15) is 5.54 Å². The molecule has 0 N–H and O–H groups in total. The number of nitrogens with zero attached hydrogens (tertiary/aromatic N) is 1. The van der Waals surface area contributed by atoms with Crippen LogP contribution < -0.4 is 0 Å².